The molecule has 1 N–H and O–H groups in total. The van der Waals surface area contributed by atoms with Crippen molar-refractivity contribution in [2.24, 2.45) is 22.7 Å². The second-order valence-electron chi connectivity index (χ2n) is 15.6. The van der Waals surface area contributed by atoms with Gasteiger partial charge in [-0.2, -0.15) is 0 Å². The van der Waals surface area contributed by atoms with Crippen LogP contribution in [0.3, 0.4) is 0 Å². The van der Waals surface area contributed by atoms with Gasteiger partial charge in [0.2, 0.25) is 21.8 Å². The number of ketones is 1. The van der Waals surface area contributed by atoms with E-state index in [9.17, 15) is 27.6 Å². The molecule has 0 unspecified atom stereocenters. The van der Waals surface area contributed by atoms with Gasteiger partial charge in [0.1, 0.15) is 12.1 Å². The number of Topliss-reactive ketones (excluding diaryl/α,β-unsaturated/α-hetero) is 1. The smallest absolute Gasteiger partial charge is 0.306 e. The van der Waals surface area contributed by atoms with Gasteiger partial charge in [-0.3, -0.25) is 23.9 Å². The topological polar surface area (TPSA) is 130 Å². The monoisotopic (exact) mass is 703 g/mol. The van der Waals surface area contributed by atoms with E-state index >= 15 is 0 Å². The first kappa shape index (κ1) is 35.8. The standard InChI is InChI=1S/C39H49N3O7S/c1-5-28-22-39(28,37(46)40-50(47,48)31-18-19-31)23-34(43)33-24-41(29-15-11-14-27(20-29)26-12-7-6-8-13-26)25-42(33)36(45)32(38(2,3)4)21-35(44)49-30-16-9-10-17-30/h5-8,11-15,20,28,30-33H,1,9-10,16-19,21-25H2,2-4H3,(H,40,46)/t28-,32-,33+,39-/m1/s1. The minimum absolute atomic E-state index is 0.107. The minimum Gasteiger partial charge on any atom is -0.462 e. The van der Waals surface area contributed by atoms with E-state index in [4.69, 9.17) is 4.74 Å². The zero-order chi connectivity index (χ0) is 35.8. The molecule has 4 aliphatic rings. The molecular formula is C39H49N3O7S. The molecule has 3 aliphatic carbocycles. The van der Waals surface area contributed by atoms with Crippen molar-refractivity contribution in [3.05, 3.63) is 67.3 Å². The summed E-state index contributed by atoms with van der Waals surface area (Å²) in [6.07, 6.45) is 6.10. The molecule has 6 rings (SSSR count). The molecule has 268 valence electrons. The van der Waals surface area contributed by atoms with Gasteiger partial charge in [-0.1, -0.05) is 69.3 Å². The summed E-state index contributed by atoms with van der Waals surface area (Å²) in [7, 11) is -3.82. The second kappa shape index (κ2) is 14.0. The first-order chi connectivity index (χ1) is 23.7. The summed E-state index contributed by atoms with van der Waals surface area (Å²) < 4.78 is 33.4. The van der Waals surface area contributed by atoms with Gasteiger partial charge >= 0.3 is 5.97 Å². The van der Waals surface area contributed by atoms with Crippen LogP contribution in [0.5, 0.6) is 0 Å². The van der Waals surface area contributed by atoms with Crippen LogP contribution in [0.15, 0.2) is 67.3 Å². The highest BCUT2D eigenvalue weighted by Gasteiger charge is 2.61. The molecule has 11 heteroatoms. The largest absolute Gasteiger partial charge is 0.462 e. The summed E-state index contributed by atoms with van der Waals surface area (Å²) in [4.78, 5) is 59.3. The molecule has 0 bridgehead atoms. The fourth-order valence-corrected chi connectivity index (χ4v) is 8.91. The molecule has 0 radical (unpaired) electrons. The molecular weight excluding hydrogens is 655 g/mol. The van der Waals surface area contributed by atoms with Gasteiger partial charge in [-0.15, -0.1) is 6.58 Å². The lowest BCUT2D eigenvalue weighted by molar-refractivity contribution is -0.156. The zero-order valence-corrected chi connectivity index (χ0v) is 30.1. The molecule has 1 saturated heterocycles. The van der Waals surface area contributed by atoms with Crippen molar-refractivity contribution in [1.29, 1.82) is 0 Å². The molecule has 0 aromatic heterocycles. The predicted octanol–water partition coefficient (Wildman–Crippen LogP) is 5.63. The quantitative estimate of drug-likeness (QED) is 0.210. The zero-order valence-electron chi connectivity index (χ0n) is 29.3. The Hall–Kier alpha value is -3.99. The van der Waals surface area contributed by atoms with E-state index in [-0.39, 0.29) is 49.8 Å². The van der Waals surface area contributed by atoms with Crippen LogP contribution in [0.25, 0.3) is 11.1 Å². The number of amides is 2. The molecule has 1 heterocycles. The minimum atomic E-state index is -3.82. The summed E-state index contributed by atoms with van der Waals surface area (Å²) in [5.41, 5.74) is 0.969. The number of ether oxygens (including phenoxy) is 1. The molecule has 50 heavy (non-hydrogen) atoms. The van der Waals surface area contributed by atoms with E-state index in [1.165, 1.54) is 0 Å². The lowest BCUT2D eigenvalue weighted by Gasteiger charge is -2.34. The Morgan fingerprint density at radius 1 is 1.00 bits per heavy atom. The average molecular weight is 704 g/mol. The highest BCUT2D eigenvalue weighted by molar-refractivity contribution is 7.90. The third-order valence-corrected chi connectivity index (χ3v) is 12.8. The lowest BCUT2D eigenvalue weighted by atomic mass is 9.77. The Morgan fingerprint density at radius 2 is 1.68 bits per heavy atom. The van der Waals surface area contributed by atoms with Gasteiger partial charge in [0, 0.05) is 18.7 Å². The predicted molar refractivity (Wildman–Crippen MR) is 191 cm³/mol. The number of carbonyl (C=O) groups excluding carboxylic acids is 4. The lowest BCUT2D eigenvalue weighted by Crippen LogP contribution is -2.49. The van der Waals surface area contributed by atoms with Crippen molar-refractivity contribution < 1.29 is 32.3 Å². The summed E-state index contributed by atoms with van der Waals surface area (Å²) in [5, 5.41) is -0.585. The maximum absolute atomic E-state index is 14.6. The number of allylic oxidation sites excluding steroid dienone is 1. The normalized spacial score (nSPS) is 24.5. The molecule has 4 fully saturated rings. The van der Waals surface area contributed by atoms with Crippen LogP contribution in [-0.4, -0.2) is 67.5 Å². The van der Waals surface area contributed by atoms with Crippen molar-refractivity contribution in [2.75, 3.05) is 18.1 Å². The van der Waals surface area contributed by atoms with Crippen LogP contribution < -0.4 is 9.62 Å². The molecule has 0 spiro atoms. The number of nitrogens with one attached hydrogen (secondary N) is 1. The van der Waals surface area contributed by atoms with Crippen LogP contribution in [0.4, 0.5) is 5.69 Å². The number of hydrogen-bond acceptors (Lipinski definition) is 8. The van der Waals surface area contributed by atoms with E-state index in [2.05, 4.69) is 11.3 Å². The summed E-state index contributed by atoms with van der Waals surface area (Å²) in [5.74, 6) is -2.88. The number of carbonyl (C=O) groups is 4. The highest BCUT2D eigenvalue weighted by atomic mass is 32.2. The van der Waals surface area contributed by atoms with Crippen LogP contribution in [0, 0.1) is 22.7 Å². The third kappa shape index (κ3) is 7.67. The van der Waals surface area contributed by atoms with E-state index in [1.54, 1.807) is 11.0 Å². The number of benzene rings is 2. The van der Waals surface area contributed by atoms with Crippen molar-refractivity contribution in [3.8, 4) is 11.1 Å². The second-order valence-corrected chi connectivity index (χ2v) is 17.6. The van der Waals surface area contributed by atoms with E-state index in [0.717, 1.165) is 42.5 Å². The van der Waals surface area contributed by atoms with E-state index in [0.29, 0.717) is 19.3 Å². The van der Waals surface area contributed by atoms with Crippen molar-refractivity contribution >= 4 is 39.3 Å². The number of nitrogens with zero attached hydrogens (tertiary/aromatic N) is 2. The summed E-state index contributed by atoms with van der Waals surface area (Å²) in [6.45, 7) is 9.85. The van der Waals surface area contributed by atoms with Crippen molar-refractivity contribution in [3.63, 3.8) is 0 Å². The Kier molecular flexibility index (Phi) is 10.0. The Labute approximate surface area is 295 Å². The maximum atomic E-state index is 14.6. The van der Waals surface area contributed by atoms with E-state index in [1.807, 2.05) is 80.3 Å². The Morgan fingerprint density at radius 3 is 2.30 bits per heavy atom. The molecule has 1 aliphatic heterocycles. The fraction of sp³-hybridized carbons (Fsp3) is 0.538. The van der Waals surface area contributed by atoms with Crippen LogP contribution in [0.2, 0.25) is 0 Å². The van der Waals surface area contributed by atoms with Gasteiger partial charge in [-0.05, 0) is 79.5 Å². The fourth-order valence-electron chi connectivity index (χ4n) is 7.53. The maximum Gasteiger partial charge on any atom is 0.306 e. The SMILES string of the molecule is C=C[C@@H]1C[C@]1(CC(=O)[C@@H]1CN(c2cccc(-c3ccccc3)c2)CN1C(=O)[C@@H](CC(=O)OC1CCCC1)C(C)(C)C)C(=O)NS(=O)(=O)C1CC1. The van der Waals surface area contributed by atoms with Gasteiger partial charge in [0.25, 0.3) is 0 Å². The Balaban J connectivity index is 1.28. The van der Waals surface area contributed by atoms with Crippen LogP contribution >= 0.6 is 0 Å². The van der Waals surface area contributed by atoms with Crippen LogP contribution in [-0.2, 0) is 33.9 Å². The third-order valence-electron chi connectivity index (χ3n) is 10.9. The number of esters is 1. The molecule has 10 nitrogen and oxygen atoms in total. The van der Waals surface area contributed by atoms with Crippen LogP contribution in [0.1, 0.15) is 78.6 Å². The first-order valence-corrected chi connectivity index (χ1v) is 19.4. The Bertz CT molecular complexity index is 1740. The number of hydrogen-bond donors (Lipinski definition) is 1. The van der Waals surface area contributed by atoms with Gasteiger partial charge < -0.3 is 14.5 Å². The van der Waals surface area contributed by atoms with Crippen molar-refractivity contribution in [1.82, 2.24) is 9.62 Å². The van der Waals surface area contributed by atoms with E-state index < -0.39 is 49.9 Å². The molecule has 2 amide bonds. The summed E-state index contributed by atoms with van der Waals surface area (Å²) >= 11 is 0. The molecule has 3 saturated carbocycles. The average Bonchev–Trinajstić information content (AvgIpc) is 3.96. The number of sulfonamides is 1. The molecule has 4 atom stereocenters. The highest BCUT2D eigenvalue weighted by Crippen LogP contribution is 2.57. The number of rotatable bonds is 13. The molecule has 2 aromatic carbocycles. The number of anilines is 1. The first-order valence-electron chi connectivity index (χ1n) is 17.8. The van der Waals surface area contributed by atoms with Crippen molar-refractivity contribution in [2.45, 2.75) is 96.0 Å². The molecule has 2 aromatic rings. The van der Waals surface area contributed by atoms with Gasteiger partial charge in [0.05, 0.1) is 29.7 Å². The summed E-state index contributed by atoms with van der Waals surface area (Å²) in [6, 6.07) is 16.9. The van der Waals surface area contributed by atoms with Gasteiger partial charge in [0.15, 0.2) is 5.78 Å². The van der Waals surface area contributed by atoms with Gasteiger partial charge in [-0.25, -0.2) is 8.42 Å².